The lowest BCUT2D eigenvalue weighted by Crippen LogP contribution is -2.69. The van der Waals surface area contributed by atoms with Gasteiger partial charge in [-0.2, -0.15) is 0 Å². The summed E-state index contributed by atoms with van der Waals surface area (Å²) in [7, 11) is -14.7. The molecule has 304 valence electrons. The molecule has 2 saturated heterocycles. The lowest BCUT2D eigenvalue weighted by atomic mass is 9.98. The topological polar surface area (TPSA) is 113 Å². The van der Waals surface area contributed by atoms with Crippen molar-refractivity contribution in [1.82, 2.24) is 0 Å². The van der Waals surface area contributed by atoms with Crippen LogP contribution >= 0.6 is 0 Å². The Balaban J connectivity index is 2.72. The Labute approximate surface area is 319 Å². The molecule has 0 spiro atoms. The zero-order valence-electron chi connectivity index (χ0n) is 36.2. The van der Waals surface area contributed by atoms with E-state index in [4.69, 9.17) is 45.2 Å². The van der Waals surface area contributed by atoms with Crippen LogP contribution in [0.4, 0.5) is 0 Å². The van der Waals surface area contributed by atoms with Crippen LogP contribution in [0.5, 0.6) is 0 Å². The lowest BCUT2D eigenvalue weighted by Gasteiger charge is -2.53. The van der Waals surface area contributed by atoms with Gasteiger partial charge in [0, 0.05) is 0 Å². The second-order valence-corrected chi connectivity index (χ2v) is 52.4. The van der Waals surface area contributed by atoms with Crippen molar-refractivity contribution in [3.63, 3.8) is 0 Å². The van der Waals surface area contributed by atoms with Crippen molar-refractivity contribution in [3.05, 3.63) is 0 Å². The second-order valence-electron chi connectivity index (χ2n) is 21.0. The molecule has 0 saturated carbocycles. The quantitative estimate of drug-likeness (QED) is 0.138. The predicted molar refractivity (Wildman–Crippen MR) is 224 cm³/mol. The van der Waals surface area contributed by atoms with Gasteiger partial charge in [-0.05, 0) is 137 Å². The molecular weight excluding hydrogens is 769 g/mol. The lowest BCUT2D eigenvalue weighted by molar-refractivity contribution is -0.370. The third-order valence-electron chi connectivity index (χ3n) is 7.28. The van der Waals surface area contributed by atoms with Crippen molar-refractivity contribution in [3.8, 4) is 0 Å². The van der Waals surface area contributed by atoms with Crippen LogP contribution < -0.4 is 0 Å². The Kier molecular flexibility index (Phi) is 16.7. The van der Waals surface area contributed by atoms with Crippen molar-refractivity contribution in [2.45, 2.75) is 199 Å². The van der Waals surface area contributed by atoms with Gasteiger partial charge in [-0.15, -0.1) is 0 Å². The SMILES string of the molecule is C[Si](C)(C)OC[C@H]1O[C@H](O[C@H]2O[C@H](CO[Si](C)(C)C)[C@@H](O[Si](C)(C)C)[C@H](O[Si](C)(C)C)[C@H]2O)[C@H](O[Si](C)(C)C)[C@@H](O[Si](C)(C)C)[C@@H]1O[Si](C)(C)C. The average molecular weight is 848 g/mol. The van der Waals surface area contributed by atoms with E-state index < -0.39 is 120 Å². The fraction of sp³-hybridized carbons (Fsp3) is 1.00. The fourth-order valence-corrected chi connectivity index (χ4v) is 12.5. The van der Waals surface area contributed by atoms with E-state index in [9.17, 15) is 5.11 Å². The predicted octanol–water partition coefficient (Wildman–Crippen LogP) is 7.62. The molecule has 0 bridgehead atoms. The third kappa shape index (κ3) is 18.3. The molecule has 0 aromatic heterocycles. The standard InChI is InChI=1S/C33H78O11Si7/c1-45(2,3)35-22-24-27(40-47(7,8)9)29(42-49(13,14)15)26(34)32(37-24)39-33-31(44-51(19,20)21)30(43-50(16,17)18)28(41-48(10,11)12)25(38-33)23-36-46(4,5)6/h24-34H,22-23H2,1-21H3/t24-,25-,26-,27-,28-,29-,30+,31-,32-,33-/m1/s1. The molecule has 2 fully saturated rings. The van der Waals surface area contributed by atoms with Gasteiger partial charge in [-0.1, -0.05) is 0 Å². The first-order valence-corrected chi connectivity index (χ1v) is 42.7. The van der Waals surface area contributed by atoms with Gasteiger partial charge in [0.2, 0.25) is 0 Å². The molecule has 0 unspecified atom stereocenters. The van der Waals surface area contributed by atoms with Crippen LogP contribution in [0.15, 0.2) is 0 Å². The molecule has 2 heterocycles. The summed E-state index contributed by atoms with van der Waals surface area (Å²) < 4.78 is 67.9. The van der Waals surface area contributed by atoms with Crippen molar-refractivity contribution >= 4 is 58.2 Å². The van der Waals surface area contributed by atoms with Gasteiger partial charge < -0.3 is 50.3 Å². The van der Waals surface area contributed by atoms with Crippen molar-refractivity contribution in [2.24, 2.45) is 0 Å². The van der Waals surface area contributed by atoms with Crippen LogP contribution in [-0.4, -0.2) is 138 Å². The minimum absolute atomic E-state index is 0.295. The van der Waals surface area contributed by atoms with Crippen molar-refractivity contribution in [1.29, 1.82) is 0 Å². The summed E-state index contributed by atoms with van der Waals surface area (Å²) in [5, 5.41) is 12.2. The summed E-state index contributed by atoms with van der Waals surface area (Å²) in [6.07, 6.45) is -7.07. The second kappa shape index (κ2) is 17.7. The maximum absolute atomic E-state index is 12.2. The van der Waals surface area contributed by atoms with Crippen molar-refractivity contribution < 1.29 is 50.3 Å². The van der Waals surface area contributed by atoms with Crippen LogP contribution in [0.3, 0.4) is 0 Å². The number of rotatable bonds is 18. The molecule has 0 aliphatic carbocycles. The van der Waals surface area contributed by atoms with Gasteiger partial charge in [-0.25, -0.2) is 0 Å². The Morgan fingerprint density at radius 3 is 1.02 bits per heavy atom. The maximum atomic E-state index is 12.2. The number of hydrogen-bond donors (Lipinski definition) is 1. The van der Waals surface area contributed by atoms with Gasteiger partial charge in [0.25, 0.3) is 0 Å². The number of aliphatic hydroxyl groups is 1. The average Bonchev–Trinajstić information content (AvgIpc) is 2.84. The fourth-order valence-electron chi connectivity index (χ4n) is 5.78. The van der Waals surface area contributed by atoms with Gasteiger partial charge in [0.15, 0.2) is 70.8 Å². The van der Waals surface area contributed by atoms with Crippen molar-refractivity contribution in [2.75, 3.05) is 13.2 Å². The monoisotopic (exact) mass is 846 g/mol. The maximum Gasteiger partial charge on any atom is 0.189 e. The van der Waals surface area contributed by atoms with E-state index in [1.54, 1.807) is 0 Å². The molecule has 2 rings (SSSR count). The summed E-state index contributed by atoms with van der Waals surface area (Å²) in [6, 6.07) is 0. The minimum Gasteiger partial charge on any atom is -0.415 e. The van der Waals surface area contributed by atoms with E-state index in [-0.39, 0.29) is 0 Å². The summed E-state index contributed by atoms with van der Waals surface area (Å²) in [5.41, 5.74) is 0. The van der Waals surface area contributed by atoms with Gasteiger partial charge >= 0.3 is 0 Å². The van der Waals surface area contributed by atoms with Crippen LogP contribution in [0.2, 0.25) is 137 Å². The molecular formula is C33H78O11Si7. The highest BCUT2D eigenvalue weighted by molar-refractivity contribution is 6.72. The molecule has 0 radical (unpaired) electrons. The third-order valence-corrected chi connectivity index (χ3v) is 14.2. The minimum atomic E-state index is -2.22. The highest BCUT2D eigenvalue weighted by Crippen LogP contribution is 2.38. The smallest absolute Gasteiger partial charge is 0.189 e. The first-order chi connectivity index (χ1) is 22.5. The highest BCUT2D eigenvalue weighted by atomic mass is 28.4. The van der Waals surface area contributed by atoms with Gasteiger partial charge in [-0.3, -0.25) is 0 Å². The first-order valence-electron chi connectivity index (χ1n) is 18.8. The van der Waals surface area contributed by atoms with Crippen LogP contribution in [-0.2, 0) is 45.2 Å². The molecule has 10 atom stereocenters. The number of aliphatic hydroxyl groups excluding tert-OH is 1. The Bertz CT molecular complexity index is 1070. The molecule has 0 aromatic carbocycles. The van der Waals surface area contributed by atoms with E-state index in [1.165, 1.54) is 0 Å². The zero-order chi connectivity index (χ0) is 39.8. The summed E-state index contributed by atoms with van der Waals surface area (Å²) in [6.45, 7) is 45.8. The largest absolute Gasteiger partial charge is 0.415 e. The summed E-state index contributed by atoms with van der Waals surface area (Å²) in [5.74, 6) is 0. The van der Waals surface area contributed by atoms with Crippen LogP contribution in [0.1, 0.15) is 0 Å². The molecule has 11 nitrogen and oxygen atoms in total. The van der Waals surface area contributed by atoms with Gasteiger partial charge in [0.1, 0.15) is 48.8 Å². The van der Waals surface area contributed by atoms with E-state index in [2.05, 4.69) is 137 Å². The summed E-state index contributed by atoms with van der Waals surface area (Å²) >= 11 is 0. The Hall–Kier alpha value is 1.08. The molecule has 51 heavy (non-hydrogen) atoms. The molecule has 2 aliphatic rings. The van der Waals surface area contributed by atoms with E-state index in [1.807, 2.05) is 0 Å². The Morgan fingerprint density at radius 1 is 0.373 bits per heavy atom. The highest BCUT2D eigenvalue weighted by Gasteiger charge is 2.56. The zero-order valence-corrected chi connectivity index (χ0v) is 43.2. The van der Waals surface area contributed by atoms with Crippen LogP contribution in [0, 0.1) is 0 Å². The molecule has 2 aliphatic heterocycles. The Morgan fingerprint density at radius 2 is 0.667 bits per heavy atom. The van der Waals surface area contributed by atoms with E-state index >= 15 is 0 Å². The molecule has 0 amide bonds. The molecule has 0 aromatic rings. The van der Waals surface area contributed by atoms with Crippen LogP contribution in [0.25, 0.3) is 0 Å². The van der Waals surface area contributed by atoms with Gasteiger partial charge in [0.05, 0.1) is 13.2 Å². The first kappa shape index (κ1) is 48.2. The molecule has 1 N–H and O–H groups in total. The number of ether oxygens (including phenoxy) is 3. The number of hydrogen-bond acceptors (Lipinski definition) is 11. The van der Waals surface area contributed by atoms with E-state index in [0.29, 0.717) is 13.2 Å². The summed E-state index contributed by atoms with van der Waals surface area (Å²) in [4.78, 5) is 0. The van der Waals surface area contributed by atoms with E-state index in [0.717, 1.165) is 0 Å². The molecule has 18 heteroatoms. The normalized spacial score (nSPS) is 32.4.